The van der Waals surface area contributed by atoms with Crippen LogP contribution in [-0.4, -0.2) is 69.1 Å². The van der Waals surface area contributed by atoms with Gasteiger partial charge in [-0.05, 0) is 63.6 Å². The van der Waals surface area contributed by atoms with Gasteiger partial charge in [-0.3, -0.25) is 14.4 Å². The second-order valence-corrected chi connectivity index (χ2v) is 13.3. The van der Waals surface area contributed by atoms with Crippen LogP contribution in [0.15, 0.2) is 30.9 Å². The molecule has 1 N–H and O–H groups in total. The lowest BCUT2D eigenvalue weighted by Crippen LogP contribution is -2.58. The number of thioether (sulfide) groups is 1. The number of aliphatic hydroxyl groups excluding tert-OH is 1. The first-order valence-corrected chi connectivity index (χ1v) is 14.6. The Labute approximate surface area is 231 Å². The summed E-state index contributed by atoms with van der Waals surface area (Å²) in [6, 6.07) is 4.67. The van der Waals surface area contributed by atoms with Crippen LogP contribution in [-0.2, 0) is 19.1 Å². The van der Waals surface area contributed by atoms with Gasteiger partial charge in [-0.1, -0.05) is 38.5 Å². The Morgan fingerprint density at radius 3 is 2.63 bits per heavy atom. The van der Waals surface area contributed by atoms with Crippen LogP contribution in [0.5, 0.6) is 0 Å². The SMILES string of the molecule is C=CCN(C(=O)C1N([C@@H](CO)[C@@H](C)CC)C(=O)[C@@H]2[C@H](C(=O)OCC)[C@]3(C)CCC12S3)c1cc(C)ccc1C. The minimum absolute atomic E-state index is 0.0260. The Hall–Kier alpha value is -2.32. The van der Waals surface area contributed by atoms with Crippen molar-refractivity contribution < 1.29 is 24.2 Å². The summed E-state index contributed by atoms with van der Waals surface area (Å²) in [5, 5.41) is 10.6. The molecule has 3 saturated heterocycles. The number of nitrogens with zero attached hydrogens (tertiary/aromatic N) is 2. The summed E-state index contributed by atoms with van der Waals surface area (Å²) in [6.45, 7) is 16.0. The van der Waals surface area contributed by atoms with E-state index in [0.29, 0.717) is 13.0 Å². The maximum Gasteiger partial charge on any atom is 0.311 e. The predicted octanol–water partition coefficient (Wildman–Crippen LogP) is 4.27. The van der Waals surface area contributed by atoms with E-state index in [2.05, 4.69) is 6.58 Å². The number of carbonyl (C=O) groups is 3. The lowest BCUT2D eigenvalue weighted by molar-refractivity contribution is -0.155. The molecule has 0 aliphatic carbocycles. The van der Waals surface area contributed by atoms with Gasteiger partial charge in [0.2, 0.25) is 5.91 Å². The molecule has 3 aliphatic rings. The van der Waals surface area contributed by atoms with Crippen molar-refractivity contribution in [2.45, 2.75) is 82.4 Å². The standard InChI is InChI=1S/C30H42N2O5S/c1-8-15-31(21-16-18(4)11-12-20(21)6)27(35)25-30-14-13-29(7,38-30)24(28(36)37-10-3)23(30)26(34)32(25)22(17-33)19(5)9-2/h8,11-12,16,19,22-25,33H,1,9-10,13-15,17H2,2-7H3/t19-,22-,23-,24+,25?,29-,30?/m0/s1. The molecular formula is C30H42N2O5S. The number of hydrogen-bond acceptors (Lipinski definition) is 6. The van der Waals surface area contributed by atoms with Crippen molar-refractivity contribution in [3.63, 3.8) is 0 Å². The third kappa shape index (κ3) is 4.28. The van der Waals surface area contributed by atoms with Gasteiger partial charge in [0.15, 0.2) is 0 Å². The molecule has 208 valence electrons. The number of anilines is 1. The number of carbonyl (C=O) groups excluding carboxylic acids is 3. The summed E-state index contributed by atoms with van der Waals surface area (Å²) in [4.78, 5) is 45.9. The zero-order valence-corrected chi connectivity index (χ0v) is 24.3. The molecule has 1 aromatic rings. The van der Waals surface area contributed by atoms with E-state index in [0.717, 1.165) is 29.7 Å². The second kappa shape index (κ2) is 10.7. The van der Waals surface area contributed by atoms with Crippen LogP contribution in [0.3, 0.4) is 0 Å². The van der Waals surface area contributed by atoms with Crippen LogP contribution in [0.4, 0.5) is 5.69 Å². The van der Waals surface area contributed by atoms with Crippen molar-refractivity contribution in [2.24, 2.45) is 17.8 Å². The number of aliphatic hydroxyl groups is 1. The lowest BCUT2D eigenvalue weighted by atomic mass is 9.66. The third-order valence-corrected chi connectivity index (χ3v) is 11.1. The molecule has 2 amide bonds. The molecule has 7 nitrogen and oxygen atoms in total. The van der Waals surface area contributed by atoms with Crippen LogP contribution in [0.1, 0.15) is 58.1 Å². The van der Waals surface area contributed by atoms with Gasteiger partial charge >= 0.3 is 5.97 Å². The van der Waals surface area contributed by atoms with Crippen LogP contribution in [0.25, 0.3) is 0 Å². The fourth-order valence-electron chi connectivity index (χ4n) is 7.00. The van der Waals surface area contributed by atoms with Gasteiger partial charge in [0.05, 0.1) is 35.8 Å². The van der Waals surface area contributed by atoms with Crippen LogP contribution in [0, 0.1) is 31.6 Å². The Morgan fingerprint density at radius 2 is 2.03 bits per heavy atom. The summed E-state index contributed by atoms with van der Waals surface area (Å²) >= 11 is 1.63. The molecule has 7 atom stereocenters. The number of fused-ring (bicyclic) bond motifs is 1. The summed E-state index contributed by atoms with van der Waals surface area (Å²) in [5.41, 5.74) is 2.77. The molecular weight excluding hydrogens is 500 g/mol. The number of likely N-dealkylation sites (tertiary alicyclic amines) is 1. The molecule has 1 spiro atoms. The quantitative estimate of drug-likeness (QED) is 0.351. The van der Waals surface area contributed by atoms with Crippen molar-refractivity contribution in [1.82, 2.24) is 4.90 Å². The maximum absolute atomic E-state index is 14.8. The lowest BCUT2D eigenvalue weighted by Gasteiger charge is -2.41. The molecule has 8 heteroatoms. The van der Waals surface area contributed by atoms with E-state index in [1.807, 2.05) is 52.8 Å². The number of aryl methyl sites for hydroxylation is 2. The molecule has 4 rings (SSSR count). The molecule has 0 aromatic heterocycles. The van der Waals surface area contributed by atoms with Gasteiger partial charge in [-0.25, -0.2) is 0 Å². The number of benzene rings is 1. The zero-order chi connectivity index (χ0) is 28.0. The minimum Gasteiger partial charge on any atom is -0.466 e. The minimum atomic E-state index is -0.808. The van der Waals surface area contributed by atoms with E-state index in [4.69, 9.17) is 4.74 Å². The van der Waals surface area contributed by atoms with Gasteiger partial charge in [0.25, 0.3) is 5.91 Å². The number of ether oxygens (including phenoxy) is 1. The average molecular weight is 543 g/mol. The topological polar surface area (TPSA) is 87.2 Å². The van der Waals surface area contributed by atoms with Crippen LogP contribution in [0.2, 0.25) is 0 Å². The molecule has 3 fully saturated rings. The summed E-state index contributed by atoms with van der Waals surface area (Å²) in [7, 11) is 0. The molecule has 3 heterocycles. The van der Waals surface area contributed by atoms with Gasteiger partial charge in [-0.15, -0.1) is 18.3 Å². The normalized spacial score (nSPS) is 31.2. The van der Waals surface area contributed by atoms with E-state index in [-0.39, 0.29) is 36.9 Å². The number of amides is 2. The molecule has 2 unspecified atom stereocenters. The Kier molecular flexibility index (Phi) is 8.06. The number of hydrogen-bond donors (Lipinski definition) is 1. The van der Waals surface area contributed by atoms with Crippen LogP contribution < -0.4 is 4.90 Å². The van der Waals surface area contributed by atoms with Gasteiger partial charge in [0.1, 0.15) is 6.04 Å². The molecule has 38 heavy (non-hydrogen) atoms. The van der Waals surface area contributed by atoms with E-state index in [1.165, 1.54) is 0 Å². The summed E-state index contributed by atoms with van der Waals surface area (Å²) in [6.07, 6.45) is 3.82. The maximum atomic E-state index is 14.8. The molecule has 1 aromatic carbocycles. The molecule has 0 saturated carbocycles. The van der Waals surface area contributed by atoms with Crippen molar-refractivity contribution >= 4 is 35.2 Å². The number of rotatable bonds is 10. The summed E-state index contributed by atoms with van der Waals surface area (Å²) < 4.78 is 4.24. The number of esters is 1. The van der Waals surface area contributed by atoms with E-state index in [1.54, 1.807) is 34.6 Å². The largest absolute Gasteiger partial charge is 0.466 e. The van der Waals surface area contributed by atoms with Crippen molar-refractivity contribution in [3.8, 4) is 0 Å². The Morgan fingerprint density at radius 1 is 1.32 bits per heavy atom. The first-order valence-electron chi connectivity index (χ1n) is 13.8. The highest BCUT2D eigenvalue weighted by Gasteiger charge is 2.78. The summed E-state index contributed by atoms with van der Waals surface area (Å²) in [5.74, 6) is -2.08. The monoisotopic (exact) mass is 542 g/mol. The second-order valence-electron chi connectivity index (χ2n) is 11.4. The van der Waals surface area contributed by atoms with E-state index >= 15 is 0 Å². The van der Waals surface area contributed by atoms with Gasteiger partial charge < -0.3 is 19.6 Å². The van der Waals surface area contributed by atoms with E-state index in [9.17, 15) is 19.5 Å². The zero-order valence-electron chi connectivity index (χ0n) is 23.5. The molecule has 0 radical (unpaired) electrons. The Balaban J connectivity index is 1.89. The fourth-order valence-corrected chi connectivity index (χ4v) is 9.32. The van der Waals surface area contributed by atoms with Gasteiger partial charge in [-0.2, -0.15) is 0 Å². The van der Waals surface area contributed by atoms with Crippen molar-refractivity contribution in [1.29, 1.82) is 0 Å². The highest BCUT2D eigenvalue weighted by molar-refractivity contribution is 8.02. The van der Waals surface area contributed by atoms with Crippen LogP contribution >= 0.6 is 11.8 Å². The van der Waals surface area contributed by atoms with E-state index < -0.39 is 33.4 Å². The van der Waals surface area contributed by atoms with Crippen molar-refractivity contribution in [3.05, 3.63) is 42.0 Å². The molecule has 2 bridgehead atoms. The highest BCUT2D eigenvalue weighted by atomic mass is 32.2. The molecule has 3 aliphatic heterocycles. The first kappa shape index (κ1) is 28.7. The average Bonchev–Trinajstić information content (AvgIpc) is 3.45. The third-order valence-electron chi connectivity index (χ3n) is 9.07. The smallest absolute Gasteiger partial charge is 0.311 e. The van der Waals surface area contributed by atoms with Gasteiger partial charge in [0, 0.05) is 17.0 Å². The predicted molar refractivity (Wildman–Crippen MR) is 151 cm³/mol. The fraction of sp³-hybridized carbons (Fsp3) is 0.633. The highest BCUT2D eigenvalue weighted by Crippen LogP contribution is 2.72. The Bertz CT molecular complexity index is 1120. The first-order chi connectivity index (χ1) is 18.0. The van der Waals surface area contributed by atoms with Crippen molar-refractivity contribution in [2.75, 3.05) is 24.7 Å².